The summed E-state index contributed by atoms with van der Waals surface area (Å²) in [5.74, 6) is -1.75. The fourth-order valence-electron chi connectivity index (χ4n) is 2.22. The summed E-state index contributed by atoms with van der Waals surface area (Å²) in [4.78, 5) is 22.5. The van der Waals surface area contributed by atoms with Crippen molar-refractivity contribution >= 4 is 18.0 Å². The molecule has 112 valence electrons. The summed E-state index contributed by atoms with van der Waals surface area (Å²) in [7, 11) is 0. The molecule has 1 atom stereocenters. The molecule has 1 amide bonds. The van der Waals surface area contributed by atoms with Gasteiger partial charge in [-0.15, -0.1) is 0 Å². The topological polar surface area (TPSA) is 66.4 Å². The summed E-state index contributed by atoms with van der Waals surface area (Å²) in [6.07, 6.45) is 3.32. The smallest absolute Gasteiger partial charge is 0.328 e. The Kier molecular flexibility index (Phi) is 4.11. The van der Waals surface area contributed by atoms with Crippen LogP contribution in [0.1, 0.15) is 36.2 Å². The monoisotopic (exact) mass is 291 g/mol. The standard InChI is InChI=1S/C16H18FNO3/c1-16(2)8-11(16)9-18-15(21)12-7-10(3-5-13(12)17)4-6-14(19)20/h3-7,11H,8-9H2,1-2H3,(H,18,21)(H,19,20)/b6-4+. The molecule has 0 aliphatic heterocycles. The molecule has 2 rings (SSSR count). The van der Waals surface area contributed by atoms with Crippen molar-refractivity contribution in [1.82, 2.24) is 5.32 Å². The first-order chi connectivity index (χ1) is 9.79. The van der Waals surface area contributed by atoms with Crippen LogP contribution in [0.4, 0.5) is 4.39 Å². The van der Waals surface area contributed by atoms with Crippen molar-refractivity contribution in [2.75, 3.05) is 6.54 Å². The van der Waals surface area contributed by atoms with Gasteiger partial charge in [0.05, 0.1) is 5.56 Å². The van der Waals surface area contributed by atoms with Crippen molar-refractivity contribution in [2.24, 2.45) is 11.3 Å². The largest absolute Gasteiger partial charge is 0.478 e. The minimum Gasteiger partial charge on any atom is -0.478 e. The molecule has 1 aromatic rings. The van der Waals surface area contributed by atoms with Crippen LogP contribution in [0.5, 0.6) is 0 Å². The van der Waals surface area contributed by atoms with Crippen LogP contribution in [0.25, 0.3) is 6.08 Å². The molecule has 1 aliphatic rings. The molecule has 1 aromatic carbocycles. The van der Waals surface area contributed by atoms with Gasteiger partial charge < -0.3 is 10.4 Å². The lowest BCUT2D eigenvalue weighted by molar-refractivity contribution is -0.131. The Morgan fingerprint density at radius 3 is 2.71 bits per heavy atom. The second-order valence-corrected chi connectivity index (χ2v) is 6.01. The highest BCUT2D eigenvalue weighted by Gasteiger charge is 2.45. The van der Waals surface area contributed by atoms with Crippen LogP contribution in [0.3, 0.4) is 0 Å². The average molecular weight is 291 g/mol. The van der Waals surface area contributed by atoms with E-state index in [0.717, 1.165) is 18.6 Å². The third-order valence-corrected chi connectivity index (χ3v) is 3.88. The second kappa shape index (κ2) is 5.68. The van der Waals surface area contributed by atoms with E-state index in [2.05, 4.69) is 19.2 Å². The van der Waals surface area contributed by atoms with E-state index in [1.165, 1.54) is 18.2 Å². The predicted molar refractivity (Wildman–Crippen MR) is 77.3 cm³/mol. The van der Waals surface area contributed by atoms with Crippen molar-refractivity contribution in [3.05, 3.63) is 41.2 Å². The number of halogens is 1. The Bertz CT molecular complexity index is 608. The molecule has 0 saturated heterocycles. The first-order valence-corrected chi connectivity index (χ1v) is 6.78. The maximum Gasteiger partial charge on any atom is 0.328 e. The van der Waals surface area contributed by atoms with E-state index in [-0.39, 0.29) is 11.0 Å². The normalized spacial score (nSPS) is 19.5. The fraction of sp³-hybridized carbons (Fsp3) is 0.375. The summed E-state index contributed by atoms with van der Waals surface area (Å²) in [5, 5.41) is 11.3. The number of carboxylic acid groups (broad SMARTS) is 1. The molecule has 1 aliphatic carbocycles. The number of aliphatic carboxylic acids is 1. The number of carbonyl (C=O) groups excluding carboxylic acids is 1. The van der Waals surface area contributed by atoms with Gasteiger partial charge in [-0.1, -0.05) is 19.9 Å². The Balaban J connectivity index is 2.05. The number of rotatable bonds is 5. The highest BCUT2D eigenvalue weighted by molar-refractivity contribution is 5.95. The van der Waals surface area contributed by atoms with Crippen LogP contribution < -0.4 is 5.32 Å². The third kappa shape index (κ3) is 3.90. The summed E-state index contributed by atoms with van der Waals surface area (Å²) in [5.41, 5.74) is 0.648. The van der Waals surface area contributed by atoms with Crippen LogP contribution in [0.2, 0.25) is 0 Å². The zero-order valence-corrected chi connectivity index (χ0v) is 12.0. The number of amides is 1. The van der Waals surface area contributed by atoms with Gasteiger partial charge in [0.2, 0.25) is 0 Å². The lowest BCUT2D eigenvalue weighted by Crippen LogP contribution is -2.27. The van der Waals surface area contributed by atoms with E-state index in [4.69, 9.17) is 5.11 Å². The first kappa shape index (κ1) is 15.2. The third-order valence-electron chi connectivity index (χ3n) is 3.88. The highest BCUT2D eigenvalue weighted by Crippen LogP contribution is 2.50. The molecule has 1 unspecified atom stereocenters. The first-order valence-electron chi connectivity index (χ1n) is 6.78. The molecule has 5 heteroatoms. The fourth-order valence-corrected chi connectivity index (χ4v) is 2.22. The number of carboxylic acids is 1. The van der Waals surface area contributed by atoms with Gasteiger partial charge in [0.1, 0.15) is 5.82 Å². The molecule has 1 saturated carbocycles. The SMILES string of the molecule is CC1(C)CC1CNC(=O)c1cc(/C=C/C(=O)O)ccc1F. The van der Waals surface area contributed by atoms with Crippen LogP contribution in [0.15, 0.2) is 24.3 Å². The van der Waals surface area contributed by atoms with E-state index in [0.29, 0.717) is 18.0 Å². The van der Waals surface area contributed by atoms with Crippen LogP contribution in [0, 0.1) is 17.2 Å². The van der Waals surface area contributed by atoms with Crippen molar-refractivity contribution in [3.8, 4) is 0 Å². The van der Waals surface area contributed by atoms with Gasteiger partial charge in [0, 0.05) is 12.6 Å². The zero-order chi connectivity index (χ0) is 15.6. The number of hydrogen-bond acceptors (Lipinski definition) is 2. The van der Waals surface area contributed by atoms with Crippen molar-refractivity contribution in [3.63, 3.8) is 0 Å². The Morgan fingerprint density at radius 2 is 2.14 bits per heavy atom. The maximum atomic E-state index is 13.7. The Morgan fingerprint density at radius 1 is 1.48 bits per heavy atom. The zero-order valence-electron chi connectivity index (χ0n) is 12.0. The summed E-state index contributed by atoms with van der Waals surface area (Å²) >= 11 is 0. The van der Waals surface area contributed by atoms with E-state index >= 15 is 0 Å². The molecule has 0 heterocycles. The molecule has 1 fully saturated rings. The highest BCUT2D eigenvalue weighted by atomic mass is 19.1. The van der Waals surface area contributed by atoms with Gasteiger partial charge in [-0.05, 0) is 41.5 Å². The Labute approximate surface area is 122 Å². The molecule has 0 spiro atoms. The predicted octanol–water partition coefficient (Wildman–Crippen LogP) is 2.70. The van der Waals surface area contributed by atoms with E-state index < -0.39 is 17.7 Å². The van der Waals surface area contributed by atoms with Gasteiger partial charge in [0.25, 0.3) is 5.91 Å². The number of hydrogen-bond donors (Lipinski definition) is 2. The molecule has 0 aromatic heterocycles. The van der Waals surface area contributed by atoms with Crippen molar-refractivity contribution < 1.29 is 19.1 Å². The average Bonchev–Trinajstić information content (AvgIpc) is 3.02. The van der Waals surface area contributed by atoms with E-state index in [9.17, 15) is 14.0 Å². The van der Waals surface area contributed by atoms with E-state index in [1.807, 2.05) is 0 Å². The van der Waals surface area contributed by atoms with Crippen LogP contribution in [-0.2, 0) is 4.79 Å². The van der Waals surface area contributed by atoms with Crippen LogP contribution >= 0.6 is 0 Å². The van der Waals surface area contributed by atoms with Crippen LogP contribution in [-0.4, -0.2) is 23.5 Å². The number of nitrogens with one attached hydrogen (secondary N) is 1. The molecule has 0 radical (unpaired) electrons. The second-order valence-electron chi connectivity index (χ2n) is 6.01. The van der Waals surface area contributed by atoms with Gasteiger partial charge in [0.15, 0.2) is 0 Å². The summed E-state index contributed by atoms with van der Waals surface area (Å²) in [6, 6.07) is 3.94. The Hall–Kier alpha value is -2.17. The molecular weight excluding hydrogens is 273 g/mol. The lowest BCUT2D eigenvalue weighted by atomic mass is 10.1. The summed E-state index contributed by atoms with van der Waals surface area (Å²) < 4.78 is 13.7. The van der Waals surface area contributed by atoms with Gasteiger partial charge in [-0.3, -0.25) is 4.79 Å². The van der Waals surface area contributed by atoms with Crippen molar-refractivity contribution in [2.45, 2.75) is 20.3 Å². The van der Waals surface area contributed by atoms with Crippen molar-refractivity contribution in [1.29, 1.82) is 0 Å². The van der Waals surface area contributed by atoms with E-state index in [1.54, 1.807) is 0 Å². The minimum absolute atomic E-state index is 0.0685. The quantitative estimate of drug-likeness (QED) is 0.820. The molecule has 2 N–H and O–H groups in total. The lowest BCUT2D eigenvalue weighted by Gasteiger charge is -2.08. The minimum atomic E-state index is -1.10. The molecule has 0 bridgehead atoms. The number of carbonyl (C=O) groups is 2. The maximum absolute atomic E-state index is 13.7. The molecular formula is C16H18FNO3. The van der Waals surface area contributed by atoms with Gasteiger partial charge >= 0.3 is 5.97 Å². The van der Waals surface area contributed by atoms with Gasteiger partial charge in [-0.2, -0.15) is 0 Å². The molecule has 4 nitrogen and oxygen atoms in total. The molecule has 21 heavy (non-hydrogen) atoms. The van der Waals surface area contributed by atoms with Gasteiger partial charge in [-0.25, -0.2) is 9.18 Å². The number of benzene rings is 1. The summed E-state index contributed by atoms with van der Waals surface area (Å²) in [6.45, 7) is 4.78.